The van der Waals surface area contributed by atoms with E-state index in [2.05, 4.69) is 0 Å². The maximum atomic E-state index is 10.1. The number of nitrogens with two attached hydrogens (primary N) is 2. The van der Waals surface area contributed by atoms with Gasteiger partial charge in [-0.2, -0.15) is 0 Å². The SMILES string of the molecule is NCCCCC(N)C(=O)O.[Au]. The molecule has 0 aromatic heterocycles. The summed E-state index contributed by atoms with van der Waals surface area (Å²) in [7, 11) is 0. The summed E-state index contributed by atoms with van der Waals surface area (Å²) >= 11 is 0. The van der Waals surface area contributed by atoms with Gasteiger partial charge in [0.2, 0.25) is 0 Å². The molecule has 0 aliphatic rings. The number of carbonyl (C=O) groups is 1. The van der Waals surface area contributed by atoms with Crippen molar-refractivity contribution < 1.29 is 32.3 Å². The molecule has 11 heavy (non-hydrogen) atoms. The molecule has 1 radical (unpaired) electrons. The van der Waals surface area contributed by atoms with E-state index in [4.69, 9.17) is 16.6 Å². The van der Waals surface area contributed by atoms with Gasteiger partial charge in [-0.3, -0.25) is 4.79 Å². The van der Waals surface area contributed by atoms with E-state index in [0.717, 1.165) is 12.8 Å². The number of hydrogen-bond donors (Lipinski definition) is 3. The van der Waals surface area contributed by atoms with Crippen molar-refractivity contribution in [3.8, 4) is 0 Å². The molecule has 0 fully saturated rings. The van der Waals surface area contributed by atoms with Crippen molar-refractivity contribution in [2.75, 3.05) is 6.54 Å². The van der Waals surface area contributed by atoms with Crippen LogP contribution in [0.2, 0.25) is 0 Å². The van der Waals surface area contributed by atoms with Crippen molar-refractivity contribution in [3.05, 3.63) is 0 Å². The summed E-state index contributed by atoms with van der Waals surface area (Å²) in [5, 5.41) is 8.33. The average molecular weight is 343 g/mol. The van der Waals surface area contributed by atoms with Gasteiger partial charge < -0.3 is 16.6 Å². The quantitative estimate of drug-likeness (QED) is 0.465. The van der Waals surface area contributed by atoms with Gasteiger partial charge in [0, 0.05) is 22.4 Å². The van der Waals surface area contributed by atoms with Gasteiger partial charge in [-0.1, -0.05) is 6.42 Å². The standard InChI is InChI=1S/C6H14N2O2.Au/c7-4-2-1-3-5(8)6(9)10;/h5H,1-4,7-8H2,(H,9,10);. The molecule has 0 aromatic carbocycles. The maximum absolute atomic E-state index is 10.1. The number of carboxylic acids is 1. The predicted molar refractivity (Wildman–Crippen MR) is 38.5 cm³/mol. The Morgan fingerprint density at radius 1 is 1.45 bits per heavy atom. The van der Waals surface area contributed by atoms with E-state index >= 15 is 0 Å². The van der Waals surface area contributed by atoms with Gasteiger partial charge in [0.05, 0.1) is 0 Å². The summed E-state index contributed by atoms with van der Waals surface area (Å²) in [6, 6.07) is -0.716. The Bertz CT molecular complexity index is 111. The van der Waals surface area contributed by atoms with E-state index < -0.39 is 12.0 Å². The van der Waals surface area contributed by atoms with Crippen molar-refractivity contribution in [1.82, 2.24) is 0 Å². The third kappa shape index (κ3) is 8.03. The zero-order valence-corrected chi connectivity index (χ0v) is 8.38. The number of hydrogen-bond acceptors (Lipinski definition) is 3. The Morgan fingerprint density at radius 3 is 2.36 bits per heavy atom. The van der Waals surface area contributed by atoms with Crippen LogP contribution >= 0.6 is 0 Å². The summed E-state index contributed by atoms with van der Waals surface area (Å²) in [5.74, 6) is -0.933. The van der Waals surface area contributed by atoms with Crippen molar-refractivity contribution in [2.24, 2.45) is 11.5 Å². The molecule has 0 heterocycles. The fraction of sp³-hybridized carbons (Fsp3) is 0.833. The molecule has 4 nitrogen and oxygen atoms in total. The van der Waals surface area contributed by atoms with Crippen LogP contribution in [0.4, 0.5) is 0 Å². The summed E-state index contributed by atoms with van der Waals surface area (Å²) in [6.45, 7) is 0.604. The summed E-state index contributed by atoms with van der Waals surface area (Å²) in [4.78, 5) is 10.1. The Morgan fingerprint density at radius 2 is 2.00 bits per heavy atom. The second-order valence-electron chi connectivity index (χ2n) is 2.23. The Hall–Kier alpha value is 0.130. The molecule has 0 saturated heterocycles. The summed E-state index contributed by atoms with van der Waals surface area (Å²) in [6.07, 6.45) is 2.16. The van der Waals surface area contributed by atoms with E-state index in [1.165, 1.54) is 0 Å². The maximum Gasteiger partial charge on any atom is 0.320 e. The second-order valence-corrected chi connectivity index (χ2v) is 2.23. The average Bonchev–Trinajstić information content (AvgIpc) is 1.88. The van der Waals surface area contributed by atoms with Gasteiger partial charge in [-0.25, -0.2) is 0 Å². The molecule has 1 atom stereocenters. The molecule has 71 valence electrons. The summed E-state index contributed by atoms with van der Waals surface area (Å²) in [5.41, 5.74) is 10.4. The van der Waals surface area contributed by atoms with Crippen LogP contribution < -0.4 is 11.5 Å². The Labute approximate surface area is 81.8 Å². The molecular weight excluding hydrogens is 329 g/mol. The van der Waals surface area contributed by atoms with Gasteiger partial charge in [0.15, 0.2) is 0 Å². The van der Waals surface area contributed by atoms with Gasteiger partial charge in [0.1, 0.15) is 6.04 Å². The van der Waals surface area contributed by atoms with Crippen molar-refractivity contribution >= 4 is 5.97 Å². The van der Waals surface area contributed by atoms with E-state index in [-0.39, 0.29) is 22.4 Å². The molecule has 5 heteroatoms. The van der Waals surface area contributed by atoms with Crippen LogP contribution in [0.5, 0.6) is 0 Å². The third-order valence-electron chi connectivity index (χ3n) is 1.29. The van der Waals surface area contributed by atoms with Gasteiger partial charge in [-0.05, 0) is 19.4 Å². The topological polar surface area (TPSA) is 89.3 Å². The van der Waals surface area contributed by atoms with Crippen LogP contribution in [-0.2, 0) is 27.2 Å². The molecule has 0 saturated carbocycles. The Balaban J connectivity index is 0. The van der Waals surface area contributed by atoms with E-state index in [9.17, 15) is 4.79 Å². The first kappa shape index (κ1) is 13.7. The molecule has 0 aliphatic heterocycles. The first-order chi connectivity index (χ1) is 4.68. The Kier molecular flexibility index (Phi) is 10.3. The molecule has 0 bridgehead atoms. The minimum absolute atomic E-state index is 0. The largest absolute Gasteiger partial charge is 0.480 e. The third-order valence-corrected chi connectivity index (χ3v) is 1.29. The minimum atomic E-state index is -0.933. The molecule has 0 aliphatic carbocycles. The molecule has 0 spiro atoms. The van der Waals surface area contributed by atoms with Crippen LogP contribution in [-0.4, -0.2) is 23.7 Å². The van der Waals surface area contributed by atoms with Gasteiger partial charge in [0.25, 0.3) is 0 Å². The minimum Gasteiger partial charge on any atom is -0.480 e. The van der Waals surface area contributed by atoms with Crippen LogP contribution in [0.1, 0.15) is 19.3 Å². The molecule has 0 amide bonds. The van der Waals surface area contributed by atoms with Crippen LogP contribution in [0.25, 0.3) is 0 Å². The van der Waals surface area contributed by atoms with Crippen molar-refractivity contribution in [2.45, 2.75) is 25.3 Å². The normalized spacial score (nSPS) is 11.8. The number of carboxylic acid groups (broad SMARTS) is 1. The monoisotopic (exact) mass is 343 g/mol. The zero-order valence-electron chi connectivity index (χ0n) is 6.22. The van der Waals surface area contributed by atoms with Crippen molar-refractivity contribution in [1.29, 1.82) is 0 Å². The predicted octanol–water partition coefficient (Wildman–Crippen LogP) is -0.475. The molecule has 1 unspecified atom stereocenters. The molecular formula is C6H14AuN2O2. The number of rotatable bonds is 5. The fourth-order valence-corrected chi connectivity index (χ4v) is 0.632. The van der Waals surface area contributed by atoms with E-state index in [0.29, 0.717) is 13.0 Å². The molecule has 5 N–H and O–H groups in total. The van der Waals surface area contributed by atoms with Gasteiger partial charge >= 0.3 is 5.97 Å². The van der Waals surface area contributed by atoms with Gasteiger partial charge in [-0.15, -0.1) is 0 Å². The zero-order chi connectivity index (χ0) is 7.98. The first-order valence-corrected chi connectivity index (χ1v) is 3.37. The van der Waals surface area contributed by atoms with Crippen LogP contribution in [0.15, 0.2) is 0 Å². The van der Waals surface area contributed by atoms with E-state index in [1.54, 1.807) is 0 Å². The molecule has 0 aromatic rings. The fourth-order valence-electron chi connectivity index (χ4n) is 0.632. The number of aliphatic carboxylic acids is 1. The first-order valence-electron chi connectivity index (χ1n) is 3.37. The van der Waals surface area contributed by atoms with Crippen LogP contribution in [0, 0.1) is 0 Å². The summed E-state index contributed by atoms with van der Waals surface area (Å²) < 4.78 is 0. The smallest absolute Gasteiger partial charge is 0.320 e. The molecule has 0 rings (SSSR count). The van der Waals surface area contributed by atoms with Crippen LogP contribution in [0.3, 0.4) is 0 Å². The van der Waals surface area contributed by atoms with Crippen molar-refractivity contribution in [3.63, 3.8) is 0 Å². The second kappa shape index (κ2) is 8.23. The van der Waals surface area contributed by atoms with E-state index in [1.807, 2.05) is 0 Å². The number of unbranched alkanes of at least 4 members (excludes halogenated alkanes) is 1.